The van der Waals surface area contributed by atoms with Gasteiger partial charge in [0, 0.05) is 6.42 Å². The quantitative estimate of drug-likeness (QED) is 0.617. The molecule has 4 nitrogen and oxygen atoms in total. The zero-order valence-corrected chi connectivity index (χ0v) is 7.07. The molecule has 1 rings (SSSR count). The van der Waals surface area contributed by atoms with Gasteiger partial charge in [-0.2, -0.15) is 0 Å². The molecular formula is C8H10N2O2. The van der Waals surface area contributed by atoms with Gasteiger partial charge in [0.25, 0.3) is 0 Å². The predicted molar refractivity (Wildman–Crippen MR) is 42.7 cm³/mol. The number of aromatic nitrogens is 2. The van der Waals surface area contributed by atoms with E-state index in [2.05, 4.69) is 9.97 Å². The normalized spacial score (nSPS) is 9.50. The third-order valence-electron chi connectivity index (χ3n) is 1.28. The molecule has 0 unspecified atom stereocenters. The van der Waals surface area contributed by atoms with Gasteiger partial charge in [0.05, 0.1) is 12.4 Å². The van der Waals surface area contributed by atoms with Crippen molar-refractivity contribution in [3.05, 3.63) is 18.2 Å². The second-order valence-electron chi connectivity index (χ2n) is 2.29. The Bertz CT molecular complexity index is 269. The van der Waals surface area contributed by atoms with E-state index in [1.165, 1.54) is 12.4 Å². The monoisotopic (exact) mass is 166 g/mol. The maximum Gasteiger partial charge on any atom is 0.311 e. The second-order valence-corrected chi connectivity index (χ2v) is 2.29. The van der Waals surface area contributed by atoms with Crippen molar-refractivity contribution in [2.45, 2.75) is 20.3 Å². The number of hydrogen-bond donors (Lipinski definition) is 0. The minimum absolute atomic E-state index is 0.276. The summed E-state index contributed by atoms with van der Waals surface area (Å²) in [6.07, 6.45) is 3.32. The van der Waals surface area contributed by atoms with Gasteiger partial charge in [0.1, 0.15) is 5.82 Å². The van der Waals surface area contributed by atoms with Crippen LogP contribution in [0.1, 0.15) is 19.2 Å². The van der Waals surface area contributed by atoms with Gasteiger partial charge in [-0.05, 0) is 6.92 Å². The Hall–Kier alpha value is -1.45. The standard InChI is InChI=1S/C8H10N2O2/c1-3-8(11)12-7-4-9-6(2)10-5-7/h4-5H,3H2,1-2H3. The van der Waals surface area contributed by atoms with Crippen LogP contribution in [-0.4, -0.2) is 15.9 Å². The van der Waals surface area contributed by atoms with E-state index in [4.69, 9.17) is 4.74 Å². The Labute approximate surface area is 70.6 Å². The summed E-state index contributed by atoms with van der Waals surface area (Å²) in [7, 11) is 0. The van der Waals surface area contributed by atoms with E-state index in [-0.39, 0.29) is 5.97 Å². The molecule has 0 radical (unpaired) electrons. The molecule has 64 valence electrons. The van der Waals surface area contributed by atoms with Crippen molar-refractivity contribution in [1.82, 2.24) is 9.97 Å². The highest BCUT2D eigenvalue weighted by Gasteiger charge is 2.00. The molecule has 0 saturated heterocycles. The molecule has 0 aliphatic rings. The van der Waals surface area contributed by atoms with Gasteiger partial charge >= 0.3 is 5.97 Å². The van der Waals surface area contributed by atoms with E-state index >= 15 is 0 Å². The Kier molecular flexibility index (Phi) is 2.74. The molecule has 1 aromatic heterocycles. The van der Waals surface area contributed by atoms with Crippen LogP contribution in [0.3, 0.4) is 0 Å². The largest absolute Gasteiger partial charge is 0.423 e. The maximum absolute atomic E-state index is 10.8. The third kappa shape index (κ3) is 2.30. The Morgan fingerprint density at radius 1 is 1.50 bits per heavy atom. The van der Waals surface area contributed by atoms with Crippen molar-refractivity contribution in [2.24, 2.45) is 0 Å². The molecule has 0 fully saturated rings. The number of carbonyl (C=O) groups excluding carboxylic acids is 1. The predicted octanol–water partition coefficient (Wildman–Crippen LogP) is 1.10. The van der Waals surface area contributed by atoms with Crippen molar-refractivity contribution in [1.29, 1.82) is 0 Å². The van der Waals surface area contributed by atoms with Gasteiger partial charge < -0.3 is 4.74 Å². The Morgan fingerprint density at radius 3 is 2.58 bits per heavy atom. The summed E-state index contributed by atoms with van der Waals surface area (Å²) in [6, 6.07) is 0. The van der Waals surface area contributed by atoms with E-state index in [9.17, 15) is 4.79 Å². The molecule has 0 aromatic carbocycles. The van der Waals surface area contributed by atoms with Gasteiger partial charge in [-0.15, -0.1) is 0 Å². The average molecular weight is 166 g/mol. The number of aryl methyl sites for hydroxylation is 1. The third-order valence-corrected chi connectivity index (χ3v) is 1.28. The minimum atomic E-state index is -0.276. The molecular weight excluding hydrogens is 156 g/mol. The summed E-state index contributed by atoms with van der Waals surface area (Å²) < 4.78 is 4.85. The minimum Gasteiger partial charge on any atom is -0.423 e. The highest BCUT2D eigenvalue weighted by molar-refractivity contribution is 5.71. The highest BCUT2D eigenvalue weighted by Crippen LogP contribution is 2.06. The first-order valence-corrected chi connectivity index (χ1v) is 3.71. The molecule has 0 amide bonds. The topological polar surface area (TPSA) is 52.1 Å². The van der Waals surface area contributed by atoms with Crippen LogP contribution >= 0.6 is 0 Å². The molecule has 1 heterocycles. The van der Waals surface area contributed by atoms with E-state index in [1.54, 1.807) is 13.8 Å². The van der Waals surface area contributed by atoms with Gasteiger partial charge in [0.15, 0.2) is 5.75 Å². The number of hydrogen-bond acceptors (Lipinski definition) is 4. The van der Waals surface area contributed by atoms with Gasteiger partial charge in [-0.3, -0.25) is 4.79 Å². The number of nitrogens with zero attached hydrogens (tertiary/aromatic N) is 2. The van der Waals surface area contributed by atoms with Crippen LogP contribution in [0.2, 0.25) is 0 Å². The molecule has 0 bridgehead atoms. The number of esters is 1. The van der Waals surface area contributed by atoms with Gasteiger partial charge in [-0.1, -0.05) is 6.92 Å². The first-order valence-electron chi connectivity index (χ1n) is 3.71. The first kappa shape index (κ1) is 8.64. The molecule has 0 aliphatic carbocycles. The fourth-order valence-corrected chi connectivity index (χ4v) is 0.637. The lowest BCUT2D eigenvalue weighted by atomic mass is 10.5. The average Bonchev–Trinajstić information content (AvgIpc) is 2.09. The molecule has 4 heteroatoms. The smallest absolute Gasteiger partial charge is 0.311 e. The van der Waals surface area contributed by atoms with Crippen molar-refractivity contribution in [3.63, 3.8) is 0 Å². The molecule has 0 aliphatic heterocycles. The summed E-state index contributed by atoms with van der Waals surface area (Å²) in [5.41, 5.74) is 0. The highest BCUT2D eigenvalue weighted by atomic mass is 16.5. The Balaban J connectivity index is 2.64. The second kappa shape index (κ2) is 3.80. The molecule has 1 aromatic rings. The summed E-state index contributed by atoms with van der Waals surface area (Å²) in [5, 5.41) is 0. The lowest BCUT2D eigenvalue weighted by molar-refractivity contribution is -0.134. The summed E-state index contributed by atoms with van der Waals surface area (Å²) in [6.45, 7) is 3.50. The van der Waals surface area contributed by atoms with Crippen molar-refractivity contribution >= 4 is 5.97 Å². The number of rotatable bonds is 2. The zero-order valence-electron chi connectivity index (χ0n) is 7.07. The summed E-state index contributed by atoms with van der Waals surface area (Å²) in [5.74, 6) is 0.779. The molecule has 0 spiro atoms. The van der Waals surface area contributed by atoms with Crippen LogP contribution in [0.4, 0.5) is 0 Å². The van der Waals surface area contributed by atoms with Crippen molar-refractivity contribution in [2.75, 3.05) is 0 Å². The van der Waals surface area contributed by atoms with E-state index < -0.39 is 0 Å². The van der Waals surface area contributed by atoms with Crippen LogP contribution in [-0.2, 0) is 4.79 Å². The Morgan fingerprint density at radius 2 is 2.08 bits per heavy atom. The fraction of sp³-hybridized carbons (Fsp3) is 0.375. The van der Waals surface area contributed by atoms with Crippen LogP contribution in [0.5, 0.6) is 5.75 Å². The van der Waals surface area contributed by atoms with Gasteiger partial charge in [-0.25, -0.2) is 9.97 Å². The maximum atomic E-state index is 10.8. The molecule has 0 N–H and O–H groups in total. The van der Waals surface area contributed by atoms with Crippen LogP contribution in [0.25, 0.3) is 0 Å². The van der Waals surface area contributed by atoms with E-state index in [1.807, 2.05) is 0 Å². The fourth-order valence-electron chi connectivity index (χ4n) is 0.637. The number of ether oxygens (including phenoxy) is 1. The molecule has 0 saturated carbocycles. The van der Waals surface area contributed by atoms with Crippen molar-refractivity contribution < 1.29 is 9.53 Å². The van der Waals surface area contributed by atoms with Crippen LogP contribution < -0.4 is 4.74 Å². The summed E-state index contributed by atoms with van der Waals surface area (Å²) in [4.78, 5) is 18.5. The van der Waals surface area contributed by atoms with E-state index in [0.29, 0.717) is 18.0 Å². The SMILES string of the molecule is CCC(=O)Oc1cnc(C)nc1. The van der Waals surface area contributed by atoms with Crippen molar-refractivity contribution in [3.8, 4) is 5.75 Å². The van der Waals surface area contributed by atoms with E-state index in [0.717, 1.165) is 0 Å². The first-order chi connectivity index (χ1) is 5.72. The number of carbonyl (C=O) groups is 1. The lowest BCUT2D eigenvalue weighted by Crippen LogP contribution is -2.06. The summed E-state index contributed by atoms with van der Waals surface area (Å²) >= 11 is 0. The lowest BCUT2D eigenvalue weighted by Gasteiger charge is -2.00. The van der Waals surface area contributed by atoms with Crippen LogP contribution in [0, 0.1) is 6.92 Å². The molecule has 12 heavy (non-hydrogen) atoms. The van der Waals surface area contributed by atoms with Gasteiger partial charge in [0.2, 0.25) is 0 Å². The van der Waals surface area contributed by atoms with Crippen LogP contribution in [0.15, 0.2) is 12.4 Å². The zero-order chi connectivity index (χ0) is 8.97. The molecule has 0 atom stereocenters.